The fourth-order valence-corrected chi connectivity index (χ4v) is 17.4. The molecule has 0 bridgehead atoms. The molecule has 0 aromatic heterocycles. The number of aliphatic hydroxyl groups is 7. The van der Waals surface area contributed by atoms with Crippen molar-refractivity contribution >= 4 is 42.9 Å². The fourth-order valence-electron chi connectivity index (χ4n) is 16.3. The molecule has 8 fully saturated rings. The van der Waals surface area contributed by atoms with Crippen LogP contribution in [-0.2, 0) is 101 Å². The van der Waals surface area contributed by atoms with E-state index in [1.54, 1.807) is 0 Å². The molecular formula is C54H81O31S3-3. The second kappa shape index (κ2) is 25.4. The first-order chi connectivity index (χ1) is 40.7. The van der Waals surface area contributed by atoms with Gasteiger partial charge in [0, 0.05) is 13.5 Å². The molecule has 0 aromatic rings. The van der Waals surface area contributed by atoms with E-state index in [0.717, 1.165) is 19.1 Å². The van der Waals surface area contributed by atoms with Crippen LogP contribution in [-0.4, -0.2) is 242 Å². The molecule has 5 heterocycles. The van der Waals surface area contributed by atoms with E-state index in [4.69, 9.17) is 47.4 Å². The zero-order chi connectivity index (χ0) is 65.0. The largest absolute Gasteiger partial charge is 0.726 e. The van der Waals surface area contributed by atoms with Crippen molar-refractivity contribution in [1.82, 2.24) is 0 Å². The number of carbonyl (C=O) groups excluding carboxylic acids is 2. The summed E-state index contributed by atoms with van der Waals surface area (Å²) in [6, 6.07) is 0. The molecule has 9 rings (SSSR count). The van der Waals surface area contributed by atoms with Crippen molar-refractivity contribution in [3.63, 3.8) is 0 Å². The van der Waals surface area contributed by atoms with Gasteiger partial charge in [-0.2, -0.15) is 0 Å². The topological polar surface area (TPSA) is 467 Å². The summed E-state index contributed by atoms with van der Waals surface area (Å²) in [5, 5.41) is 80.0. The van der Waals surface area contributed by atoms with E-state index < -0.39 is 207 Å². The Kier molecular flexibility index (Phi) is 20.2. The highest BCUT2D eigenvalue weighted by atomic mass is 32.3. The number of rotatable bonds is 21. The normalized spacial score (nSPS) is 47.1. The molecule has 0 aromatic carbocycles. The highest BCUT2D eigenvalue weighted by Gasteiger charge is 2.79. The lowest BCUT2D eigenvalue weighted by atomic mass is 9.41. The number of cyclic esters (lactones) is 1. The van der Waals surface area contributed by atoms with Gasteiger partial charge in [0.15, 0.2) is 25.2 Å². The van der Waals surface area contributed by atoms with E-state index in [1.807, 2.05) is 27.7 Å². The van der Waals surface area contributed by atoms with Gasteiger partial charge in [-0.15, -0.1) is 6.58 Å². The molecule has 0 radical (unpaired) electrons. The average Bonchev–Trinajstić information content (AvgIpc) is 1.44. The maximum atomic E-state index is 14.4. The average molecular weight is 1320 g/mol. The van der Waals surface area contributed by atoms with Crippen LogP contribution in [0, 0.1) is 39.4 Å². The monoisotopic (exact) mass is 1320 g/mol. The van der Waals surface area contributed by atoms with E-state index >= 15 is 0 Å². The lowest BCUT2D eigenvalue weighted by molar-refractivity contribution is -0.388. The Labute approximate surface area is 510 Å². The van der Waals surface area contributed by atoms with Gasteiger partial charge in [-0.3, -0.25) is 22.1 Å². The Morgan fingerprint density at radius 2 is 1.26 bits per heavy atom. The summed E-state index contributed by atoms with van der Waals surface area (Å²) >= 11 is 0. The van der Waals surface area contributed by atoms with Crippen molar-refractivity contribution in [2.24, 2.45) is 39.4 Å². The zero-order valence-corrected chi connectivity index (χ0v) is 52.2. The van der Waals surface area contributed by atoms with Crippen LogP contribution in [0.15, 0.2) is 23.8 Å². The molecule has 0 amide bonds. The smallest absolute Gasteiger partial charge is 0.314 e. The Morgan fingerprint density at radius 3 is 1.84 bits per heavy atom. The van der Waals surface area contributed by atoms with Gasteiger partial charge in [-0.25, -0.2) is 25.3 Å². The maximum Gasteiger partial charge on any atom is 0.314 e. The predicted molar refractivity (Wildman–Crippen MR) is 286 cm³/mol. The molecule has 27 atom stereocenters. The highest BCUT2D eigenvalue weighted by molar-refractivity contribution is 7.81. The standard InChI is InChI=1S/C54H84O31S3/c1-23(2)11-10-16-53(8)44-27(55)19-52(7)26-12-13-31-50(4,5)32(15-17-51(31,6)25(26)14-18-54(44,52)49(63)84-53)80-48-43(35(58)30(20-74-48)85-88(70,71)72)83-45-37(60)36(59)40(24(3)77-45)81-47-39(62)42(34(57)29(79-47)22-76-87(67,68)69)82-46-38(61)41(73-9)33(56)28(78-46)21-75-86(64,65)66/h14,24,26,28-48,56-62H,1,10-13,15-22H2,2-9H3,(H,64,65,66)(H,67,68,69)(H,70,71,72)/p-3/t24-,26-,28-,29-,30-,31+,32+,33-,34-,35+,36-,37-,38-,39-,40-,41+,42+,43-,44-,45+,46+,47+,48+,51-,52+,53+,54-/m1/s1. The van der Waals surface area contributed by atoms with Crippen LogP contribution in [0.3, 0.4) is 0 Å². The summed E-state index contributed by atoms with van der Waals surface area (Å²) in [4.78, 5) is 28.7. The Morgan fingerprint density at radius 1 is 0.693 bits per heavy atom. The van der Waals surface area contributed by atoms with Gasteiger partial charge in [0.25, 0.3) is 0 Å². The number of ketones is 1. The number of ether oxygens (including phenoxy) is 10. The zero-order valence-electron chi connectivity index (χ0n) is 49.7. The van der Waals surface area contributed by atoms with Crippen LogP contribution in [0.2, 0.25) is 0 Å². The first-order valence-electron chi connectivity index (χ1n) is 29.2. The van der Waals surface area contributed by atoms with Crippen molar-refractivity contribution in [2.45, 2.75) is 235 Å². The van der Waals surface area contributed by atoms with E-state index in [0.29, 0.717) is 44.9 Å². The lowest BCUT2D eigenvalue weighted by Gasteiger charge is -2.63. The number of hydrogen-bond acceptors (Lipinski definition) is 31. The Balaban J connectivity index is 0.914. The summed E-state index contributed by atoms with van der Waals surface area (Å²) in [6.07, 6.45) is -31.1. The number of hydrogen-bond donors (Lipinski definition) is 7. The van der Waals surface area contributed by atoms with E-state index in [9.17, 15) is 84.2 Å². The quantitative estimate of drug-likeness (QED) is 0.0220. The first-order valence-corrected chi connectivity index (χ1v) is 33.2. The van der Waals surface area contributed by atoms with Gasteiger partial charge in [0.2, 0.25) is 31.2 Å². The van der Waals surface area contributed by atoms with Crippen molar-refractivity contribution in [1.29, 1.82) is 0 Å². The first kappa shape index (κ1) is 69.9. The van der Waals surface area contributed by atoms with Gasteiger partial charge >= 0.3 is 5.97 Å². The van der Waals surface area contributed by atoms with Gasteiger partial charge in [0.05, 0.1) is 43.4 Å². The van der Waals surface area contributed by atoms with E-state index in [1.165, 1.54) is 12.5 Å². The van der Waals surface area contributed by atoms with Crippen molar-refractivity contribution < 1.29 is 144 Å². The molecule has 88 heavy (non-hydrogen) atoms. The molecule has 7 N–H and O–H groups in total. The SMILES string of the molecule is C=C(C)CCC[C@]1(C)OC(=O)[C@]23CC=C4[C@@H](CC[C@H]5C(C)(C)[C@@H](O[C@@H]6OC[C@@H](OS(=O)(=O)[O-])[C@H](O)[C@H]6O[C@@H]6O[C@H](C)[C@@H](O[C@@H]7O[C@H](COS(=O)(=O)[O-])[C@@H](O)[C@H](O[C@@H]8O[C@H](COS(=O)(=O)[O-])[C@@H](O)[C@H](OC)[C@H]8O)[C@H]7O)[C@H](O)[C@H]6O)CC[C@]45C)[C@]2(C)CC(=O)[C@@H]31. The van der Waals surface area contributed by atoms with Crippen LogP contribution in [0.1, 0.15) is 106 Å². The second-order valence-electron chi connectivity index (χ2n) is 26.3. The third kappa shape index (κ3) is 13.1. The number of allylic oxidation sites excluding steroid dienone is 3. The van der Waals surface area contributed by atoms with Gasteiger partial charge in [-0.05, 0) is 100 Å². The fraction of sp³-hybridized carbons (Fsp3) is 0.889. The lowest BCUT2D eigenvalue weighted by Crippen LogP contribution is -2.67. The van der Waals surface area contributed by atoms with E-state index in [2.05, 4.69) is 39.1 Å². The minimum atomic E-state index is -5.51. The molecular weight excluding hydrogens is 1240 g/mol. The molecule has 34 heteroatoms. The van der Waals surface area contributed by atoms with Gasteiger partial charge < -0.3 is 96.8 Å². The summed E-state index contributed by atoms with van der Waals surface area (Å²) in [5.41, 5.74) is -1.72. The van der Waals surface area contributed by atoms with Crippen LogP contribution in [0.5, 0.6) is 0 Å². The van der Waals surface area contributed by atoms with Crippen LogP contribution < -0.4 is 0 Å². The molecule has 9 aliphatic rings. The van der Waals surface area contributed by atoms with Crippen molar-refractivity contribution in [3.8, 4) is 0 Å². The third-order valence-corrected chi connectivity index (χ3v) is 21.8. The predicted octanol–water partition coefficient (Wildman–Crippen LogP) is -1.76. The Hall–Kier alpha value is -2.41. The number of fused-ring (bicyclic) bond motifs is 4. The molecule has 5 aliphatic heterocycles. The molecule has 1 spiro atoms. The van der Waals surface area contributed by atoms with Crippen LogP contribution >= 0.6 is 0 Å². The Bertz CT molecular complexity index is 2970. The van der Waals surface area contributed by atoms with Crippen molar-refractivity contribution in [2.75, 3.05) is 26.9 Å². The van der Waals surface area contributed by atoms with E-state index in [-0.39, 0.29) is 30.0 Å². The third-order valence-electron chi connectivity index (χ3n) is 20.5. The molecule has 0 unspecified atom stereocenters. The number of esters is 1. The van der Waals surface area contributed by atoms with Crippen LogP contribution in [0.25, 0.3) is 0 Å². The summed E-state index contributed by atoms with van der Waals surface area (Å²) in [6.45, 7) is 14.2. The maximum absolute atomic E-state index is 14.4. The minimum absolute atomic E-state index is 0.0310. The number of carbonyl (C=O) groups is 2. The molecule has 4 aliphatic carbocycles. The number of aliphatic hydroxyl groups excluding tert-OH is 7. The molecule has 3 saturated carbocycles. The highest BCUT2D eigenvalue weighted by Crippen LogP contribution is 2.75. The summed E-state index contributed by atoms with van der Waals surface area (Å²) in [7, 11) is -15.4. The summed E-state index contributed by atoms with van der Waals surface area (Å²) in [5.74, 6) is -1.12. The minimum Gasteiger partial charge on any atom is -0.726 e. The molecule has 31 nitrogen and oxygen atoms in total. The molecule has 5 saturated heterocycles. The number of Topliss-reactive ketones (excluding diaryl/α,β-unsaturated/α-hetero) is 1. The van der Waals surface area contributed by atoms with Crippen molar-refractivity contribution in [3.05, 3.63) is 23.8 Å². The second-order valence-corrected chi connectivity index (χ2v) is 29.4. The number of methoxy groups -OCH3 is 1. The summed E-state index contributed by atoms with van der Waals surface area (Å²) < 4.78 is 176. The molecule has 504 valence electrons. The van der Waals surface area contributed by atoms with Crippen LogP contribution in [0.4, 0.5) is 0 Å². The van der Waals surface area contributed by atoms with Gasteiger partial charge in [-0.1, -0.05) is 44.9 Å². The van der Waals surface area contributed by atoms with Gasteiger partial charge in [0.1, 0.15) is 96.8 Å².